The van der Waals surface area contributed by atoms with Gasteiger partial charge in [0, 0.05) is 17.8 Å². The van der Waals surface area contributed by atoms with Gasteiger partial charge < -0.3 is 10.2 Å². The summed E-state index contributed by atoms with van der Waals surface area (Å²) >= 11 is 0. The lowest BCUT2D eigenvalue weighted by Gasteiger charge is -2.13. The number of amides is 1. The minimum Gasteiger partial charge on any atom is -0.322 e. The number of para-hydroxylation sites is 1. The highest BCUT2D eigenvalue weighted by Crippen LogP contribution is 2.16. The highest BCUT2D eigenvalue weighted by molar-refractivity contribution is 6.03. The van der Waals surface area contributed by atoms with Gasteiger partial charge in [-0.2, -0.15) is 0 Å². The zero-order valence-corrected chi connectivity index (χ0v) is 10.8. The van der Waals surface area contributed by atoms with Gasteiger partial charge in [-0.05, 0) is 39.1 Å². The van der Waals surface area contributed by atoms with Crippen molar-refractivity contribution in [1.29, 1.82) is 0 Å². The molecule has 1 N–H and O–H groups in total. The van der Waals surface area contributed by atoms with Crippen molar-refractivity contribution in [3.63, 3.8) is 0 Å². The van der Waals surface area contributed by atoms with Crippen molar-refractivity contribution < 1.29 is 4.79 Å². The molecule has 0 heterocycles. The first kappa shape index (κ1) is 13.5. The van der Waals surface area contributed by atoms with E-state index in [1.165, 1.54) is 0 Å². The van der Waals surface area contributed by atoms with Gasteiger partial charge in [-0.25, -0.2) is 0 Å². The molecular formula is C14H20N2O. The molecule has 0 saturated carbocycles. The maximum absolute atomic E-state index is 11.6. The summed E-state index contributed by atoms with van der Waals surface area (Å²) in [6.07, 6.45) is 0.916. The van der Waals surface area contributed by atoms with Crippen LogP contribution in [-0.4, -0.2) is 31.4 Å². The number of nitrogens with zero attached hydrogens (tertiary/aromatic N) is 1. The van der Waals surface area contributed by atoms with Crippen LogP contribution in [0.2, 0.25) is 0 Å². The summed E-state index contributed by atoms with van der Waals surface area (Å²) in [7, 11) is 4.07. The van der Waals surface area contributed by atoms with Crippen LogP contribution in [0.15, 0.2) is 36.4 Å². The SMILES string of the molecule is C=C(C)C(=O)Nc1ccccc1CCN(C)C. The first-order valence-electron chi connectivity index (χ1n) is 5.70. The summed E-state index contributed by atoms with van der Waals surface area (Å²) in [5.74, 6) is -0.123. The second-order valence-corrected chi connectivity index (χ2v) is 4.44. The Bertz CT molecular complexity index is 410. The van der Waals surface area contributed by atoms with E-state index in [9.17, 15) is 4.79 Å². The predicted octanol–water partition coefficient (Wildman–Crippen LogP) is 2.31. The minimum atomic E-state index is -0.123. The molecule has 0 unspecified atom stereocenters. The number of carbonyl (C=O) groups excluding carboxylic acids is 1. The summed E-state index contributed by atoms with van der Waals surface area (Å²) in [4.78, 5) is 13.7. The molecule has 0 bridgehead atoms. The number of nitrogens with one attached hydrogen (secondary N) is 1. The normalized spacial score (nSPS) is 10.4. The molecule has 92 valence electrons. The van der Waals surface area contributed by atoms with Crippen LogP contribution in [0.1, 0.15) is 12.5 Å². The van der Waals surface area contributed by atoms with Crippen LogP contribution >= 0.6 is 0 Å². The molecule has 3 heteroatoms. The topological polar surface area (TPSA) is 32.3 Å². The summed E-state index contributed by atoms with van der Waals surface area (Å²) in [5.41, 5.74) is 2.55. The van der Waals surface area contributed by atoms with E-state index in [0.29, 0.717) is 5.57 Å². The van der Waals surface area contributed by atoms with Gasteiger partial charge in [0.25, 0.3) is 5.91 Å². The monoisotopic (exact) mass is 232 g/mol. The predicted molar refractivity (Wildman–Crippen MR) is 72.1 cm³/mol. The van der Waals surface area contributed by atoms with Crippen LogP contribution in [-0.2, 0) is 11.2 Å². The van der Waals surface area contributed by atoms with Crippen LogP contribution in [0.5, 0.6) is 0 Å². The van der Waals surface area contributed by atoms with Gasteiger partial charge in [-0.1, -0.05) is 24.8 Å². The molecule has 0 aromatic heterocycles. The van der Waals surface area contributed by atoms with Gasteiger partial charge in [0.05, 0.1) is 0 Å². The molecule has 1 aromatic carbocycles. The summed E-state index contributed by atoms with van der Waals surface area (Å²) in [5, 5.41) is 2.88. The lowest BCUT2D eigenvalue weighted by atomic mass is 10.1. The van der Waals surface area contributed by atoms with Crippen LogP contribution in [0.3, 0.4) is 0 Å². The highest BCUT2D eigenvalue weighted by Gasteiger charge is 2.06. The number of hydrogen-bond donors (Lipinski definition) is 1. The van der Waals surface area contributed by atoms with E-state index in [4.69, 9.17) is 0 Å². The fourth-order valence-electron chi connectivity index (χ4n) is 1.43. The first-order chi connectivity index (χ1) is 8.00. The number of benzene rings is 1. The van der Waals surface area contributed by atoms with Crippen molar-refractivity contribution >= 4 is 11.6 Å². The molecule has 0 aliphatic rings. The van der Waals surface area contributed by atoms with Crippen molar-refractivity contribution in [3.8, 4) is 0 Å². The smallest absolute Gasteiger partial charge is 0.250 e. The summed E-state index contributed by atoms with van der Waals surface area (Å²) in [6.45, 7) is 6.30. The molecule has 0 fully saturated rings. The van der Waals surface area contributed by atoms with E-state index in [1.54, 1.807) is 6.92 Å². The van der Waals surface area contributed by atoms with Gasteiger partial charge in [-0.15, -0.1) is 0 Å². The number of likely N-dealkylation sites (N-methyl/N-ethyl adjacent to an activating group) is 1. The van der Waals surface area contributed by atoms with Crippen LogP contribution in [0, 0.1) is 0 Å². The number of anilines is 1. The quantitative estimate of drug-likeness (QED) is 0.790. The van der Waals surface area contributed by atoms with E-state index in [1.807, 2.05) is 38.4 Å². The second-order valence-electron chi connectivity index (χ2n) is 4.44. The zero-order chi connectivity index (χ0) is 12.8. The molecule has 1 aromatic rings. The van der Waals surface area contributed by atoms with Crippen molar-refractivity contribution in [2.75, 3.05) is 26.0 Å². The molecule has 0 saturated heterocycles. The zero-order valence-electron chi connectivity index (χ0n) is 10.8. The van der Waals surface area contributed by atoms with Gasteiger partial charge in [0.2, 0.25) is 0 Å². The maximum Gasteiger partial charge on any atom is 0.250 e. The molecule has 1 amide bonds. The third kappa shape index (κ3) is 4.41. The Kier molecular flexibility index (Phi) is 4.91. The van der Waals surface area contributed by atoms with Crippen LogP contribution in [0.25, 0.3) is 0 Å². The molecule has 3 nitrogen and oxygen atoms in total. The van der Waals surface area contributed by atoms with E-state index >= 15 is 0 Å². The van der Waals surface area contributed by atoms with Crippen molar-refractivity contribution in [3.05, 3.63) is 42.0 Å². The third-order valence-electron chi connectivity index (χ3n) is 2.48. The Labute approximate surface area is 103 Å². The number of rotatable bonds is 5. The highest BCUT2D eigenvalue weighted by atomic mass is 16.1. The molecule has 0 aliphatic heterocycles. The van der Waals surface area contributed by atoms with E-state index < -0.39 is 0 Å². The van der Waals surface area contributed by atoms with Crippen molar-refractivity contribution in [2.45, 2.75) is 13.3 Å². The molecule has 0 atom stereocenters. The lowest BCUT2D eigenvalue weighted by molar-refractivity contribution is -0.112. The van der Waals surface area contributed by atoms with Crippen molar-refractivity contribution in [2.24, 2.45) is 0 Å². The first-order valence-corrected chi connectivity index (χ1v) is 5.70. The fourth-order valence-corrected chi connectivity index (χ4v) is 1.43. The van der Waals surface area contributed by atoms with E-state index in [0.717, 1.165) is 24.2 Å². The van der Waals surface area contributed by atoms with E-state index in [2.05, 4.69) is 16.8 Å². The summed E-state index contributed by atoms with van der Waals surface area (Å²) < 4.78 is 0. The molecule has 0 aliphatic carbocycles. The fraction of sp³-hybridized carbons (Fsp3) is 0.357. The maximum atomic E-state index is 11.6. The molecule has 1 rings (SSSR count). The van der Waals surface area contributed by atoms with Crippen molar-refractivity contribution in [1.82, 2.24) is 4.90 Å². The van der Waals surface area contributed by atoms with Gasteiger partial charge in [0.1, 0.15) is 0 Å². The number of carbonyl (C=O) groups is 1. The largest absolute Gasteiger partial charge is 0.322 e. The molecule has 0 spiro atoms. The number of hydrogen-bond acceptors (Lipinski definition) is 2. The van der Waals surface area contributed by atoms with Gasteiger partial charge in [-0.3, -0.25) is 4.79 Å². The second kappa shape index (κ2) is 6.21. The Morgan fingerprint density at radius 3 is 2.59 bits per heavy atom. The Balaban J connectivity index is 2.77. The summed E-state index contributed by atoms with van der Waals surface area (Å²) in [6, 6.07) is 7.87. The van der Waals surface area contributed by atoms with Gasteiger partial charge in [0.15, 0.2) is 0 Å². The lowest BCUT2D eigenvalue weighted by Crippen LogP contribution is -2.17. The third-order valence-corrected chi connectivity index (χ3v) is 2.48. The van der Waals surface area contributed by atoms with Crippen LogP contribution in [0.4, 0.5) is 5.69 Å². The molecular weight excluding hydrogens is 212 g/mol. The Morgan fingerprint density at radius 1 is 1.35 bits per heavy atom. The van der Waals surface area contributed by atoms with Gasteiger partial charge >= 0.3 is 0 Å². The Morgan fingerprint density at radius 2 is 2.00 bits per heavy atom. The minimum absolute atomic E-state index is 0.123. The average molecular weight is 232 g/mol. The Hall–Kier alpha value is -1.61. The van der Waals surface area contributed by atoms with Crippen LogP contribution < -0.4 is 5.32 Å². The molecule has 17 heavy (non-hydrogen) atoms. The van der Waals surface area contributed by atoms with E-state index in [-0.39, 0.29) is 5.91 Å². The standard InChI is InChI=1S/C14H20N2O/c1-11(2)14(17)15-13-8-6-5-7-12(13)9-10-16(3)4/h5-8H,1,9-10H2,2-4H3,(H,15,17). The average Bonchev–Trinajstić information content (AvgIpc) is 2.27. The molecule has 0 radical (unpaired) electrons.